The van der Waals surface area contributed by atoms with Crippen molar-refractivity contribution in [1.82, 2.24) is 0 Å². The van der Waals surface area contributed by atoms with Gasteiger partial charge in [-0.3, -0.25) is 4.79 Å². The Labute approximate surface area is 178 Å². The van der Waals surface area contributed by atoms with Crippen LogP contribution in [0.2, 0.25) is 0 Å². The summed E-state index contributed by atoms with van der Waals surface area (Å²) in [5.41, 5.74) is 2.86. The predicted molar refractivity (Wildman–Crippen MR) is 120 cm³/mol. The summed E-state index contributed by atoms with van der Waals surface area (Å²) in [6.45, 7) is 9.59. The minimum Gasteiger partial charge on any atom is -0.481 e. The van der Waals surface area contributed by atoms with Gasteiger partial charge in [-0.2, -0.15) is 0 Å². The highest BCUT2D eigenvalue weighted by molar-refractivity contribution is 5.69. The SMILES string of the molecule is CC(CCCC(C)[C@H]1CC[C@H]2[C@@H]3CC=C4CCCC[C@]4(C)[C@H]3CC[C@]12C)C(=O)O. The first kappa shape index (κ1) is 21.4. The highest BCUT2D eigenvalue weighted by atomic mass is 16.4. The Bertz CT molecular complexity index is 651. The summed E-state index contributed by atoms with van der Waals surface area (Å²) in [5, 5.41) is 9.16. The lowest BCUT2D eigenvalue weighted by Gasteiger charge is -2.58. The van der Waals surface area contributed by atoms with E-state index in [1.807, 2.05) is 12.5 Å². The fourth-order valence-electron chi connectivity index (χ4n) is 8.74. The van der Waals surface area contributed by atoms with Crippen molar-refractivity contribution < 1.29 is 9.90 Å². The van der Waals surface area contributed by atoms with E-state index in [1.54, 1.807) is 0 Å². The van der Waals surface area contributed by atoms with Crippen LogP contribution in [0.3, 0.4) is 0 Å². The third kappa shape index (κ3) is 3.61. The monoisotopic (exact) mass is 400 g/mol. The number of carboxylic acid groups (broad SMARTS) is 1. The van der Waals surface area contributed by atoms with Gasteiger partial charge in [-0.1, -0.05) is 58.6 Å². The molecule has 0 radical (unpaired) electrons. The quantitative estimate of drug-likeness (QED) is 0.469. The van der Waals surface area contributed by atoms with Gasteiger partial charge in [0.2, 0.25) is 0 Å². The molecule has 4 rings (SSSR count). The van der Waals surface area contributed by atoms with E-state index in [0.717, 1.165) is 42.4 Å². The van der Waals surface area contributed by atoms with Crippen LogP contribution in [-0.4, -0.2) is 11.1 Å². The first-order chi connectivity index (χ1) is 13.8. The van der Waals surface area contributed by atoms with Crippen LogP contribution >= 0.6 is 0 Å². The van der Waals surface area contributed by atoms with Gasteiger partial charge in [0.15, 0.2) is 0 Å². The second kappa shape index (κ2) is 8.04. The molecule has 2 heteroatoms. The summed E-state index contributed by atoms with van der Waals surface area (Å²) in [5.74, 6) is 3.54. The van der Waals surface area contributed by atoms with Crippen molar-refractivity contribution in [1.29, 1.82) is 0 Å². The number of fused-ring (bicyclic) bond motifs is 5. The molecular formula is C27H44O2. The van der Waals surface area contributed by atoms with Crippen molar-refractivity contribution >= 4 is 5.97 Å². The summed E-state index contributed by atoms with van der Waals surface area (Å²) in [7, 11) is 0. The number of aliphatic carboxylic acids is 1. The second-order valence-corrected chi connectivity index (χ2v) is 11.8. The lowest BCUT2D eigenvalue weighted by atomic mass is 9.47. The topological polar surface area (TPSA) is 37.3 Å². The third-order valence-corrected chi connectivity index (χ3v) is 10.5. The lowest BCUT2D eigenvalue weighted by molar-refractivity contribution is -0.141. The number of allylic oxidation sites excluding steroid dienone is 2. The van der Waals surface area contributed by atoms with Gasteiger partial charge >= 0.3 is 5.97 Å². The molecule has 0 aromatic carbocycles. The third-order valence-electron chi connectivity index (χ3n) is 10.5. The van der Waals surface area contributed by atoms with Gasteiger partial charge < -0.3 is 5.11 Å². The predicted octanol–water partition coefficient (Wildman–Crippen LogP) is 7.48. The smallest absolute Gasteiger partial charge is 0.306 e. The van der Waals surface area contributed by atoms with Crippen molar-refractivity contribution in [3.05, 3.63) is 11.6 Å². The maximum Gasteiger partial charge on any atom is 0.306 e. The largest absolute Gasteiger partial charge is 0.481 e. The molecule has 164 valence electrons. The average molecular weight is 401 g/mol. The summed E-state index contributed by atoms with van der Waals surface area (Å²) in [6.07, 6.45) is 18.6. The Morgan fingerprint density at radius 2 is 1.90 bits per heavy atom. The van der Waals surface area contributed by atoms with Crippen molar-refractivity contribution in [2.45, 2.75) is 105 Å². The molecule has 29 heavy (non-hydrogen) atoms. The molecule has 0 aromatic heterocycles. The van der Waals surface area contributed by atoms with Crippen molar-refractivity contribution in [3.8, 4) is 0 Å². The Morgan fingerprint density at radius 3 is 2.66 bits per heavy atom. The van der Waals surface area contributed by atoms with Crippen LogP contribution in [0.15, 0.2) is 11.6 Å². The molecule has 4 aliphatic rings. The summed E-state index contributed by atoms with van der Waals surface area (Å²) < 4.78 is 0. The molecule has 8 atom stereocenters. The van der Waals surface area contributed by atoms with Gasteiger partial charge in [-0.05, 0) is 98.2 Å². The van der Waals surface area contributed by atoms with Crippen LogP contribution in [0.5, 0.6) is 0 Å². The van der Waals surface area contributed by atoms with Crippen LogP contribution < -0.4 is 0 Å². The van der Waals surface area contributed by atoms with E-state index in [0.29, 0.717) is 10.8 Å². The molecule has 2 nitrogen and oxygen atoms in total. The Hall–Kier alpha value is -0.790. The lowest BCUT2D eigenvalue weighted by Crippen LogP contribution is -2.50. The van der Waals surface area contributed by atoms with E-state index in [9.17, 15) is 4.79 Å². The molecule has 3 fully saturated rings. The number of hydrogen-bond acceptors (Lipinski definition) is 1. The first-order valence-corrected chi connectivity index (χ1v) is 12.7. The van der Waals surface area contributed by atoms with Crippen LogP contribution in [-0.2, 0) is 4.79 Å². The number of carbonyl (C=O) groups is 1. The summed E-state index contributed by atoms with van der Waals surface area (Å²) in [4.78, 5) is 11.1. The zero-order valence-electron chi connectivity index (χ0n) is 19.4. The maximum atomic E-state index is 11.1. The van der Waals surface area contributed by atoms with Crippen molar-refractivity contribution in [2.75, 3.05) is 0 Å². The van der Waals surface area contributed by atoms with Crippen LogP contribution in [0.1, 0.15) is 105 Å². The zero-order valence-corrected chi connectivity index (χ0v) is 19.4. The van der Waals surface area contributed by atoms with E-state index in [-0.39, 0.29) is 5.92 Å². The first-order valence-electron chi connectivity index (χ1n) is 12.7. The Morgan fingerprint density at radius 1 is 1.10 bits per heavy atom. The molecular weight excluding hydrogens is 356 g/mol. The van der Waals surface area contributed by atoms with E-state index >= 15 is 0 Å². The Balaban J connectivity index is 1.44. The van der Waals surface area contributed by atoms with Crippen LogP contribution in [0.4, 0.5) is 0 Å². The van der Waals surface area contributed by atoms with Gasteiger partial charge in [0, 0.05) is 0 Å². The maximum absolute atomic E-state index is 11.1. The van der Waals surface area contributed by atoms with Crippen LogP contribution in [0.25, 0.3) is 0 Å². The zero-order chi connectivity index (χ0) is 20.8. The van der Waals surface area contributed by atoms with E-state index in [1.165, 1.54) is 64.2 Å². The minimum atomic E-state index is -0.634. The molecule has 0 bridgehead atoms. The van der Waals surface area contributed by atoms with E-state index < -0.39 is 5.97 Å². The fraction of sp³-hybridized carbons (Fsp3) is 0.889. The van der Waals surface area contributed by atoms with E-state index in [2.05, 4.69) is 26.8 Å². The standard InChI is InChI=1S/C27H44O2/c1-18(8-7-9-19(2)25(28)29)22-13-14-23-21-12-11-20-10-5-6-16-26(20,3)24(21)15-17-27(22,23)4/h11,18-19,21-24H,5-10,12-17H2,1-4H3,(H,28,29)/t18?,19?,21-,22+,23-,24-,26-,27+/m0/s1. The molecule has 4 aliphatic carbocycles. The number of rotatable bonds is 6. The molecule has 0 aliphatic heterocycles. The average Bonchev–Trinajstić information content (AvgIpc) is 3.04. The molecule has 0 heterocycles. The van der Waals surface area contributed by atoms with Gasteiger partial charge in [0.1, 0.15) is 0 Å². The second-order valence-electron chi connectivity index (χ2n) is 11.8. The minimum absolute atomic E-state index is 0.191. The summed E-state index contributed by atoms with van der Waals surface area (Å²) in [6, 6.07) is 0. The molecule has 2 unspecified atom stereocenters. The number of carboxylic acids is 1. The van der Waals surface area contributed by atoms with Crippen LogP contribution in [0, 0.1) is 46.3 Å². The molecule has 1 N–H and O–H groups in total. The normalized spacial score (nSPS) is 43.5. The molecule has 3 saturated carbocycles. The van der Waals surface area contributed by atoms with Crippen molar-refractivity contribution in [3.63, 3.8) is 0 Å². The summed E-state index contributed by atoms with van der Waals surface area (Å²) >= 11 is 0. The van der Waals surface area contributed by atoms with E-state index in [4.69, 9.17) is 5.11 Å². The van der Waals surface area contributed by atoms with Gasteiger partial charge in [-0.25, -0.2) is 0 Å². The molecule has 0 amide bonds. The highest BCUT2D eigenvalue weighted by Gasteiger charge is 2.58. The van der Waals surface area contributed by atoms with Gasteiger partial charge in [0.25, 0.3) is 0 Å². The van der Waals surface area contributed by atoms with Crippen molar-refractivity contribution in [2.24, 2.45) is 46.3 Å². The van der Waals surface area contributed by atoms with Gasteiger partial charge in [-0.15, -0.1) is 0 Å². The van der Waals surface area contributed by atoms with Gasteiger partial charge in [0.05, 0.1) is 5.92 Å². The Kier molecular flexibility index (Phi) is 5.95. The molecule has 0 spiro atoms. The molecule has 0 aromatic rings. The fourth-order valence-corrected chi connectivity index (χ4v) is 8.74. The molecule has 0 saturated heterocycles. The number of hydrogen-bond donors (Lipinski definition) is 1. The highest BCUT2D eigenvalue weighted by Crippen LogP contribution is 2.67.